The molecule has 1 fully saturated rings. The molecule has 1 aromatic heterocycles. The van der Waals surface area contributed by atoms with Gasteiger partial charge in [0.15, 0.2) is 0 Å². The molecule has 2 aromatic carbocycles. The molecule has 6 nitrogen and oxygen atoms in total. The topological polar surface area (TPSA) is 93.6 Å². The number of carbonyl (C=O) groups is 2. The molecule has 29 heavy (non-hydrogen) atoms. The number of carboxylic acid groups (broad SMARTS) is 1. The Bertz CT molecular complexity index is 1030. The number of amides is 1. The summed E-state index contributed by atoms with van der Waals surface area (Å²) in [5.41, 5.74) is 1.28. The van der Waals surface area contributed by atoms with Crippen LogP contribution in [0.4, 0.5) is 0 Å². The van der Waals surface area contributed by atoms with Gasteiger partial charge in [-0.3, -0.25) is 9.59 Å². The van der Waals surface area contributed by atoms with E-state index in [1.165, 1.54) is 0 Å². The number of H-pyrrole nitrogens is 1. The fourth-order valence-electron chi connectivity index (χ4n) is 4.26. The summed E-state index contributed by atoms with van der Waals surface area (Å²) in [7, 11) is 0. The number of aromatic nitrogens is 1. The van der Waals surface area contributed by atoms with E-state index >= 15 is 0 Å². The van der Waals surface area contributed by atoms with Gasteiger partial charge in [-0.2, -0.15) is 0 Å². The number of rotatable bonds is 5. The lowest BCUT2D eigenvalue weighted by Crippen LogP contribution is -2.58. The molecule has 3 aromatic rings. The van der Waals surface area contributed by atoms with Crippen molar-refractivity contribution in [2.45, 2.75) is 25.4 Å². The Balaban J connectivity index is 1.56. The number of nitrogens with one attached hydrogen (secondary N) is 1. The van der Waals surface area contributed by atoms with Crippen LogP contribution in [0.15, 0.2) is 60.8 Å². The number of aliphatic hydroxyl groups excluding tert-OH is 1. The standard InChI is InChI=1S/C23H24N2O4/c26-20-10-11-25(15-23(20,22(28)29)13-16-6-2-1-3-7-16)21(27)12-17-14-24-19-9-5-4-8-18(17)19/h1-9,14,20,24,26H,10-13,15H2,(H,28,29)/t20-,23+/m0/s1. The molecule has 1 amide bonds. The Kier molecular flexibility index (Phi) is 5.11. The predicted molar refractivity (Wildman–Crippen MR) is 109 cm³/mol. The van der Waals surface area contributed by atoms with Gasteiger partial charge in [0.05, 0.1) is 12.5 Å². The van der Waals surface area contributed by atoms with Crippen LogP contribution in [-0.4, -0.2) is 51.2 Å². The van der Waals surface area contributed by atoms with Gasteiger partial charge in [0.2, 0.25) is 5.91 Å². The first-order valence-corrected chi connectivity index (χ1v) is 9.78. The van der Waals surface area contributed by atoms with E-state index in [-0.39, 0.29) is 31.7 Å². The second kappa shape index (κ2) is 7.72. The highest BCUT2D eigenvalue weighted by Gasteiger charge is 2.50. The predicted octanol–water partition coefficient (Wildman–Crippen LogP) is 2.62. The largest absolute Gasteiger partial charge is 0.481 e. The number of para-hydroxylation sites is 1. The molecule has 0 aliphatic carbocycles. The molecule has 1 saturated heterocycles. The van der Waals surface area contributed by atoms with E-state index in [1.54, 1.807) is 4.90 Å². The zero-order chi connectivity index (χ0) is 20.4. The zero-order valence-corrected chi connectivity index (χ0v) is 16.0. The van der Waals surface area contributed by atoms with Crippen molar-refractivity contribution in [2.24, 2.45) is 5.41 Å². The first-order chi connectivity index (χ1) is 14.0. The number of fused-ring (bicyclic) bond motifs is 1. The fraction of sp³-hybridized carbons (Fsp3) is 0.304. The number of benzene rings is 2. The molecule has 6 heteroatoms. The minimum atomic E-state index is -1.41. The Hall–Kier alpha value is -3.12. The molecule has 0 spiro atoms. The maximum atomic E-state index is 13.0. The minimum absolute atomic E-state index is 0.000414. The van der Waals surface area contributed by atoms with Crippen LogP contribution in [0.25, 0.3) is 10.9 Å². The average molecular weight is 392 g/mol. The van der Waals surface area contributed by atoms with Crippen molar-refractivity contribution in [3.8, 4) is 0 Å². The van der Waals surface area contributed by atoms with Crippen molar-refractivity contribution in [3.05, 3.63) is 71.9 Å². The second-order valence-corrected chi connectivity index (χ2v) is 7.78. The lowest BCUT2D eigenvalue weighted by atomic mass is 9.72. The van der Waals surface area contributed by atoms with E-state index in [9.17, 15) is 19.8 Å². The van der Waals surface area contributed by atoms with E-state index < -0.39 is 17.5 Å². The Morgan fingerprint density at radius 3 is 2.59 bits per heavy atom. The maximum absolute atomic E-state index is 13.0. The van der Waals surface area contributed by atoms with Crippen molar-refractivity contribution < 1.29 is 19.8 Å². The number of carbonyl (C=O) groups excluding carboxylic acids is 1. The van der Waals surface area contributed by atoms with Crippen LogP contribution in [-0.2, 0) is 22.4 Å². The number of likely N-dealkylation sites (tertiary alicyclic amines) is 1. The number of hydrogen-bond acceptors (Lipinski definition) is 3. The monoisotopic (exact) mass is 392 g/mol. The molecule has 150 valence electrons. The summed E-state index contributed by atoms with van der Waals surface area (Å²) in [6.07, 6.45) is 1.45. The van der Waals surface area contributed by atoms with E-state index in [4.69, 9.17) is 0 Å². The van der Waals surface area contributed by atoms with Crippen molar-refractivity contribution in [3.63, 3.8) is 0 Å². The number of nitrogens with zero attached hydrogens (tertiary/aromatic N) is 1. The molecule has 0 bridgehead atoms. The van der Waals surface area contributed by atoms with Gasteiger partial charge in [-0.15, -0.1) is 0 Å². The normalized spacial score (nSPS) is 22.0. The third-order valence-corrected chi connectivity index (χ3v) is 5.94. The lowest BCUT2D eigenvalue weighted by molar-refractivity contribution is -0.165. The fourth-order valence-corrected chi connectivity index (χ4v) is 4.26. The second-order valence-electron chi connectivity index (χ2n) is 7.78. The van der Waals surface area contributed by atoms with Crippen LogP contribution in [0.5, 0.6) is 0 Å². The van der Waals surface area contributed by atoms with Gasteiger partial charge < -0.3 is 20.1 Å². The Morgan fingerprint density at radius 2 is 1.83 bits per heavy atom. The molecule has 1 aliphatic rings. The zero-order valence-electron chi connectivity index (χ0n) is 16.0. The third-order valence-electron chi connectivity index (χ3n) is 5.94. The number of piperidine rings is 1. The highest BCUT2D eigenvalue weighted by Crippen LogP contribution is 2.35. The Labute approximate surface area is 168 Å². The molecule has 2 atom stereocenters. The van der Waals surface area contributed by atoms with Crippen LogP contribution in [0, 0.1) is 5.41 Å². The maximum Gasteiger partial charge on any atom is 0.314 e. The summed E-state index contributed by atoms with van der Waals surface area (Å²) in [6.45, 7) is 0.353. The van der Waals surface area contributed by atoms with Crippen LogP contribution >= 0.6 is 0 Å². The molecular weight excluding hydrogens is 368 g/mol. The van der Waals surface area contributed by atoms with Crippen LogP contribution < -0.4 is 0 Å². The molecule has 4 rings (SSSR count). The van der Waals surface area contributed by atoms with Crippen molar-refractivity contribution in [2.75, 3.05) is 13.1 Å². The number of aromatic amines is 1. The summed E-state index contributed by atoms with van der Waals surface area (Å²) >= 11 is 0. The molecule has 3 N–H and O–H groups in total. The summed E-state index contributed by atoms with van der Waals surface area (Å²) < 4.78 is 0. The first-order valence-electron chi connectivity index (χ1n) is 9.78. The van der Waals surface area contributed by atoms with Gasteiger partial charge in [0, 0.05) is 30.2 Å². The molecule has 0 unspecified atom stereocenters. The smallest absolute Gasteiger partial charge is 0.314 e. The van der Waals surface area contributed by atoms with E-state index in [0.717, 1.165) is 22.0 Å². The van der Waals surface area contributed by atoms with Gasteiger partial charge in [-0.1, -0.05) is 48.5 Å². The van der Waals surface area contributed by atoms with Gasteiger partial charge in [-0.25, -0.2) is 0 Å². The van der Waals surface area contributed by atoms with Gasteiger partial charge in [0.1, 0.15) is 5.41 Å². The third kappa shape index (κ3) is 3.63. The number of aliphatic carboxylic acids is 1. The summed E-state index contributed by atoms with van der Waals surface area (Å²) in [5.74, 6) is -1.20. The molecule has 0 saturated carbocycles. The molecule has 1 aliphatic heterocycles. The van der Waals surface area contributed by atoms with E-state index in [0.29, 0.717) is 6.54 Å². The summed E-state index contributed by atoms with van der Waals surface area (Å²) in [5, 5.41) is 21.6. The first kappa shape index (κ1) is 19.2. The minimum Gasteiger partial charge on any atom is -0.481 e. The van der Waals surface area contributed by atoms with E-state index in [2.05, 4.69) is 4.98 Å². The van der Waals surface area contributed by atoms with Crippen molar-refractivity contribution in [1.82, 2.24) is 9.88 Å². The molecule has 2 heterocycles. The van der Waals surface area contributed by atoms with Crippen LogP contribution in [0.3, 0.4) is 0 Å². The number of hydrogen-bond donors (Lipinski definition) is 3. The van der Waals surface area contributed by atoms with Gasteiger partial charge >= 0.3 is 5.97 Å². The molecular formula is C23H24N2O4. The van der Waals surface area contributed by atoms with Crippen LogP contribution in [0.2, 0.25) is 0 Å². The SMILES string of the molecule is O=C(Cc1c[nH]c2ccccc12)N1CC[C@H](O)[C@](Cc2ccccc2)(C(=O)O)C1. The quantitative estimate of drug-likeness (QED) is 0.622. The van der Waals surface area contributed by atoms with Crippen molar-refractivity contribution in [1.29, 1.82) is 0 Å². The molecule has 0 radical (unpaired) electrons. The highest BCUT2D eigenvalue weighted by molar-refractivity contribution is 5.89. The average Bonchev–Trinajstić information content (AvgIpc) is 3.13. The van der Waals surface area contributed by atoms with Crippen LogP contribution in [0.1, 0.15) is 17.5 Å². The highest BCUT2D eigenvalue weighted by atomic mass is 16.4. The van der Waals surface area contributed by atoms with Gasteiger partial charge in [-0.05, 0) is 30.0 Å². The number of carboxylic acids is 1. The van der Waals surface area contributed by atoms with Crippen molar-refractivity contribution >= 4 is 22.8 Å². The summed E-state index contributed by atoms with van der Waals surface area (Å²) in [4.78, 5) is 30.0. The lowest BCUT2D eigenvalue weighted by Gasteiger charge is -2.43. The summed E-state index contributed by atoms with van der Waals surface area (Å²) in [6, 6.07) is 17.0. The number of aliphatic hydroxyl groups is 1. The van der Waals surface area contributed by atoms with E-state index in [1.807, 2.05) is 60.8 Å². The van der Waals surface area contributed by atoms with Gasteiger partial charge in [0.25, 0.3) is 0 Å². The Morgan fingerprint density at radius 1 is 1.10 bits per heavy atom.